The zero-order valence-electron chi connectivity index (χ0n) is 12.3. The lowest BCUT2D eigenvalue weighted by Gasteiger charge is -2.05. The maximum Gasteiger partial charge on any atom is 0.325 e. The molecule has 9 heteroatoms. The number of nitrogens with one attached hydrogen (secondary N) is 3. The van der Waals surface area contributed by atoms with Gasteiger partial charge in [0.2, 0.25) is 5.91 Å². The van der Waals surface area contributed by atoms with Crippen LogP contribution in [0, 0.1) is 6.92 Å². The normalized spacial score (nSPS) is 9.96. The summed E-state index contributed by atoms with van der Waals surface area (Å²) in [6, 6.07) is 6.87. The van der Waals surface area contributed by atoms with Crippen molar-refractivity contribution >= 4 is 40.0 Å². The van der Waals surface area contributed by atoms with E-state index in [0.29, 0.717) is 5.69 Å². The standard InChI is InChI=1S/C14H15N5O3S/c1-8-3-2-4-9(5-8)17-13(22)19-14-18-10(7-23-14)12(21)16-6-11(15)20/h2-5,7H,6H2,1H3,(H2,15,20)(H,16,21)(H2,17,18,19,22). The topological polar surface area (TPSA) is 126 Å². The number of aromatic nitrogens is 1. The minimum Gasteiger partial charge on any atom is -0.368 e. The number of thiazole rings is 1. The monoisotopic (exact) mass is 333 g/mol. The van der Waals surface area contributed by atoms with E-state index in [1.54, 1.807) is 6.07 Å². The van der Waals surface area contributed by atoms with Crippen molar-refractivity contribution in [2.75, 3.05) is 17.2 Å². The summed E-state index contributed by atoms with van der Waals surface area (Å²) in [4.78, 5) is 38.1. The molecule has 1 aromatic carbocycles. The average molecular weight is 333 g/mol. The Balaban J connectivity index is 1.92. The SMILES string of the molecule is Cc1cccc(NC(=O)Nc2nc(C(=O)NCC(N)=O)cs2)c1. The van der Waals surface area contributed by atoms with E-state index in [1.807, 2.05) is 25.1 Å². The molecule has 8 nitrogen and oxygen atoms in total. The van der Waals surface area contributed by atoms with Crippen molar-refractivity contribution < 1.29 is 14.4 Å². The van der Waals surface area contributed by atoms with Crippen LogP contribution in [-0.2, 0) is 4.79 Å². The number of rotatable bonds is 5. The fourth-order valence-electron chi connectivity index (χ4n) is 1.68. The lowest BCUT2D eigenvalue weighted by Crippen LogP contribution is -2.33. The van der Waals surface area contributed by atoms with Crippen molar-refractivity contribution in [2.24, 2.45) is 5.73 Å². The molecular formula is C14H15N5O3S. The van der Waals surface area contributed by atoms with E-state index in [0.717, 1.165) is 16.9 Å². The van der Waals surface area contributed by atoms with Crippen molar-refractivity contribution in [3.8, 4) is 0 Å². The van der Waals surface area contributed by atoms with Gasteiger partial charge in [0.15, 0.2) is 5.13 Å². The van der Waals surface area contributed by atoms with E-state index in [-0.39, 0.29) is 17.4 Å². The Morgan fingerprint density at radius 1 is 1.26 bits per heavy atom. The van der Waals surface area contributed by atoms with Gasteiger partial charge in [-0.2, -0.15) is 0 Å². The van der Waals surface area contributed by atoms with Crippen molar-refractivity contribution in [2.45, 2.75) is 6.92 Å². The van der Waals surface area contributed by atoms with E-state index >= 15 is 0 Å². The number of carbonyl (C=O) groups excluding carboxylic acids is 3. The first kappa shape index (κ1) is 16.4. The summed E-state index contributed by atoms with van der Waals surface area (Å²) in [6.45, 7) is 1.65. The summed E-state index contributed by atoms with van der Waals surface area (Å²) < 4.78 is 0. The molecule has 0 aliphatic heterocycles. The molecule has 2 rings (SSSR count). The summed E-state index contributed by atoms with van der Waals surface area (Å²) in [6.07, 6.45) is 0. The van der Waals surface area contributed by atoms with E-state index in [9.17, 15) is 14.4 Å². The second-order valence-electron chi connectivity index (χ2n) is 4.64. The number of anilines is 2. The molecule has 1 heterocycles. The quantitative estimate of drug-likeness (QED) is 0.658. The van der Waals surface area contributed by atoms with Crippen molar-refractivity contribution in [1.82, 2.24) is 10.3 Å². The van der Waals surface area contributed by atoms with Gasteiger partial charge in [0.25, 0.3) is 5.91 Å². The number of amides is 4. The Kier molecular flexibility index (Phi) is 5.26. The first-order chi connectivity index (χ1) is 10.9. The van der Waals surface area contributed by atoms with Crippen molar-refractivity contribution in [3.63, 3.8) is 0 Å². The van der Waals surface area contributed by atoms with Crippen molar-refractivity contribution in [1.29, 1.82) is 0 Å². The third kappa shape index (κ3) is 5.08. The maximum absolute atomic E-state index is 11.9. The Labute approximate surface area is 136 Å². The lowest BCUT2D eigenvalue weighted by molar-refractivity contribution is -0.117. The molecule has 0 fully saturated rings. The summed E-state index contributed by atoms with van der Waals surface area (Å²) in [5.41, 5.74) is 6.71. The van der Waals surface area contributed by atoms with Gasteiger partial charge in [0, 0.05) is 11.1 Å². The van der Waals surface area contributed by atoms with E-state index in [2.05, 4.69) is 20.9 Å². The van der Waals surface area contributed by atoms with Crippen LogP contribution in [-0.4, -0.2) is 29.4 Å². The Morgan fingerprint density at radius 3 is 2.74 bits per heavy atom. The van der Waals surface area contributed by atoms with Crippen LogP contribution in [0.2, 0.25) is 0 Å². The summed E-state index contributed by atoms with van der Waals surface area (Å²) >= 11 is 1.09. The molecule has 120 valence electrons. The fraction of sp³-hybridized carbons (Fsp3) is 0.143. The highest BCUT2D eigenvalue weighted by atomic mass is 32.1. The highest BCUT2D eigenvalue weighted by Gasteiger charge is 2.12. The highest BCUT2D eigenvalue weighted by molar-refractivity contribution is 7.14. The van der Waals surface area contributed by atoms with Gasteiger partial charge in [0.1, 0.15) is 5.69 Å². The average Bonchev–Trinajstić information content (AvgIpc) is 2.93. The molecule has 23 heavy (non-hydrogen) atoms. The Morgan fingerprint density at radius 2 is 2.04 bits per heavy atom. The van der Waals surface area contributed by atoms with Gasteiger partial charge in [-0.3, -0.25) is 14.9 Å². The molecule has 4 amide bonds. The van der Waals surface area contributed by atoms with Gasteiger partial charge in [0.05, 0.1) is 6.54 Å². The second-order valence-corrected chi connectivity index (χ2v) is 5.49. The molecule has 0 aliphatic rings. The van der Waals surface area contributed by atoms with Gasteiger partial charge in [-0.15, -0.1) is 11.3 Å². The van der Waals surface area contributed by atoms with Crippen LogP contribution in [0.25, 0.3) is 0 Å². The molecule has 1 aromatic heterocycles. The number of benzene rings is 1. The molecule has 0 saturated carbocycles. The molecule has 0 unspecified atom stereocenters. The largest absolute Gasteiger partial charge is 0.368 e. The predicted molar refractivity (Wildman–Crippen MR) is 87.5 cm³/mol. The Bertz CT molecular complexity index is 744. The first-order valence-electron chi connectivity index (χ1n) is 6.61. The number of hydrogen-bond acceptors (Lipinski definition) is 5. The molecule has 0 radical (unpaired) electrons. The number of nitrogens with two attached hydrogens (primary N) is 1. The molecule has 0 aliphatic carbocycles. The van der Waals surface area contributed by atoms with E-state index in [1.165, 1.54) is 5.38 Å². The van der Waals surface area contributed by atoms with Crippen LogP contribution in [0.1, 0.15) is 16.1 Å². The smallest absolute Gasteiger partial charge is 0.325 e. The summed E-state index contributed by atoms with van der Waals surface area (Å²) in [5, 5.41) is 9.25. The van der Waals surface area contributed by atoms with Gasteiger partial charge >= 0.3 is 6.03 Å². The summed E-state index contributed by atoms with van der Waals surface area (Å²) in [5.74, 6) is -1.18. The van der Waals surface area contributed by atoms with Gasteiger partial charge in [-0.05, 0) is 24.6 Å². The summed E-state index contributed by atoms with van der Waals surface area (Å²) in [7, 11) is 0. The maximum atomic E-state index is 11.9. The third-order valence-electron chi connectivity index (χ3n) is 2.66. The predicted octanol–water partition coefficient (Wildman–Crippen LogP) is 1.31. The van der Waals surface area contributed by atoms with Crippen LogP contribution < -0.4 is 21.7 Å². The molecule has 0 atom stereocenters. The van der Waals surface area contributed by atoms with Crippen LogP contribution in [0.4, 0.5) is 15.6 Å². The zero-order valence-corrected chi connectivity index (χ0v) is 13.1. The van der Waals surface area contributed by atoms with Gasteiger partial charge < -0.3 is 16.4 Å². The number of nitrogens with zero attached hydrogens (tertiary/aromatic N) is 1. The molecule has 0 saturated heterocycles. The molecule has 0 bridgehead atoms. The number of primary amides is 1. The van der Waals surface area contributed by atoms with Crippen LogP contribution in [0.3, 0.4) is 0 Å². The molecule has 5 N–H and O–H groups in total. The number of carbonyl (C=O) groups is 3. The minimum absolute atomic E-state index is 0.0992. The minimum atomic E-state index is -0.649. The van der Waals surface area contributed by atoms with Gasteiger partial charge in [-0.25, -0.2) is 9.78 Å². The highest BCUT2D eigenvalue weighted by Crippen LogP contribution is 2.16. The molecule has 2 aromatic rings. The van der Waals surface area contributed by atoms with E-state index < -0.39 is 17.8 Å². The number of aryl methyl sites for hydroxylation is 1. The van der Waals surface area contributed by atoms with Crippen LogP contribution in [0.15, 0.2) is 29.6 Å². The second kappa shape index (κ2) is 7.36. The third-order valence-corrected chi connectivity index (χ3v) is 3.41. The number of urea groups is 1. The Hall–Kier alpha value is -2.94. The van der Waals surface area contributed by atoms with Gasteiger partial charge in [-0.1, -0.05) is 12.1 Å². The zero-order chi connectivity index (χ0) is 16.8. The van der Waals surface area contributed by atoms with Crippen molar-refractivity contribution in [3.05, 3.63) is 40.9 Å². The molecular weight excluding hydrogens is 318 g/mol. The fourth-order valence-corrected chi connectivity index (χ4v) is 2.36. The van der Waals surface area contributed by atoms with E-state index in [4.69, 9.17) is 5.73 Å². The number of hydrogen-bond donors (Lipinski definition) is 4. The first-order valence-corrected chi connectivity index (χ1v) is 7.48. The van der Waals surface area contributed by atoms with Crippen LogP contribution in [0.5, 0.6) is 0 Å². The van der Waals surface area contributed by atoms with Crippen LogP contribution >= 0.6 is 11.3 Å². The lowest BCUT2D eigenvalue weighted by atomic mass is 10.2. The molecule has 0 spiro atoms.